The highest BCUT2D eigenvalue weighted by Crippen LogP contribution is 2.29. The molecule has 9 nitrogen and oxygen atoms in total. The van der Waals surface area contributed by atoms with Gasteiger partial charge in [0.1, 0.15) is 10.3 Å². The lowest BCUT2D eigenvalue weighted by Gasteiger charge is -2.03. The van der Waals surface area contributed by atoms with E-state index >= 15 is 0 Å². The van der Waals surface area contributed by atoms with Gasteiger partial charge in [-0.25, -0.2) is 15.0 Å². The van der Waals surface area contributed by atoms with Crippen LogP contribution in [0.25, 0.3) is 0 Å². The Kier molecular flexibility index (Phi) is 7.67. The first kappa shape index (κ1) is 23.9. The molecular formula is C19H9Br2Cl2N5O4. The van der Waals surface area contributed by atoms with Crippen LogP contribution in [0.5, 0.6) is 0 Å². The van der Waals surface area contributed by atoms with Crippen molar-refractivity contribution in [2.45, 2.75) is 0 Å². The van der Waals surface area contributed by atoms with Gasteiger partial charge in [-0.1, -0.05) is 61.1 Å². The Hall–Kier alpha value is -2.73. The molecule has 0 saturated carbocycles. The number of hydrogen-bond acceptors (Lipinski definition) is 7. The number of hydrogen-bond donors (Lipinski definition) is 0. The molecule has 162 valence electrons. The van der Waals surface area contributed by atoms with Crippen molar-refractivity contribution in [3.8, 4) is 0 Å². The Morgan fingerprint density at radius 3 is 1.56 bits per heavy atom. The van der Waals surface area contributed by atoms with E-state index in [1.54, 1.807) is 18.2 Å². The molecule has 0 aliphatic heterocycles. The topological polar surface area (TPSA) is 124 Å². The highest BCUT2D eigenvalue weighted by molar-refractivity contribution is 9.10. The maximum atomic E-state index is 11.3. The van der Waals surface area contributed by atoms with Crippen LogP contribution < -0.4 is 0 Å². The Bertz CT molecular complexity index is 1210. The fraction of sp³-hybridized carbons (Fsp3) is 0. The Morgan fingerprint density at radius 2 is 1.19 bits per heavy atom. The van der Waals surface area contributed by atoms with Crippen molar-refractivity contribution in [3.05, 3.63) is 94.9 Å². The number of pyridine rings is 1. The summed E-state index contributed by atoms with van der Waals surface area (Å²) in [5.74, 6) is 0.228. The SMILES string of the molecule is O=[N+]([O-])c1cc(Br)ccc1C(Cl)=Nc1cccc(/N=C(\Cl)c2ccc(Br)cc2[N+](=O)[O-])n1. The number of nitro groups is 2. The molecule has 0 spiro atoms. The van der Waals surface area contributed by atoms with Crippen LogP contribution in [0.15, 0.2) is 73.5 Å². The smallest absolute Gasteiger partial charge is 0.258 e. The van der Waals surface area contributed by atoms with Crippen LogP contribution in [-0.2, 0) is 0 Å². The lowest BCUT2D eigenvalue weighted by molar-refractivity contribution is -0.385. The number of nitro benzene ring substituents is 2. The minimum absolute atomic E-state index is 0.110. The van der Waals surface area contributed by atoms with Crippen molar-refractivity contribution in [1.82, 2.24) is 4.98 Å². The molecule has 1 heterocycles. The standard InChI is InChI=1S/C19H9Br2Cl2N5O4/c20-10-4-6-12(14(8-10)27(29)30)18(22)25-16-2-1-3-17(24-16)26-19(23)13-7-5-11(21)9-15(13)28(31)32/h1-9H/b25-18-,26-19?. The van der Waals surface area contributed by atoms with Crippen LogP contribution in [0.2, 0.25) is 0 Å². The lowest BCUT2D eigenvalue weighted by Crippen LogP contribution is -2.00. The van der Waals surface area contributed by atoms with Gasteiger partial charge in [0.2, 0.25) is 0 Å². The predicted molar refractivity (Wildman–Crippen MR) is 130 cm³/mol. The van der Waals surface area contributed by atoms with Crippen molar-refractivity contribution >= 4 is 88.4 Å². The summed E-state index contributed by atoms with van der Waals surface area (Å²) >= 11 is 18.8. The van der Waals surface area contributed by atoms with E-state index in [9.17, 15) is 20.2 Å². The first-order chi connectivity index (χ1) is 15.2. The zero-order valence-corrected chi connectivity index (χ0v) is 20.3. The van der Waals surface area contributed by atoms with Gasteiger partial charge in [-0.2, -0.15) is 0 Å². The molecule has 0 atom stereocenters. The van der Waals surface area contributed by atoms with Gasteiger partial charge < -0.3 is 0 Å². The minimum atomic E-state index is -0.572. The van der Waals surface area contributed by atoms with E-state index in [1.807, 2.05) is 0 Å². The predicted octanol–water partition coefficient (Wildman–Crippen LogP) is 7.06. The van der Waals surface area contributed by atoms with E-state index in [0.29, 0.717) is 8.95 Å². The molecule has 0 aliphatic carbocycles. The molecule has 0 saturated heterocycles. The molecule has 3 rings (SSSR count). The average molecular weight is 602 g/mol. The summed E-state index contributed by atoms with van der Waals surface area (Å²) in [7, 11) is 0. The van der Waals surface area contributed by atoms with Crippen molar-refractivity contribution in [1.29, 1.82) is 0 Å². The van der Waals surface area contributed by atoms with Crippen molar-refractivity contribution in [3.63, 3.8) is 0 Å². The molecule has 0 fully saturated rings. The molecule has 0 N–H and O–H groups in total. The van der Waals surface area contributed by atoms with Gasteiger partial charge in [0, 0.05) is 21.1 Å². The third-order valence-corrected chi connectivity index (χ3v) is 5.47. The fourth-order valence-electron chi connectivity index (χ4n) is 2.52. The van der Waals surface area contributed by atoms with Gasteiger partial charge in [-0.15, -0.1) is 0 Å². The molecule has 1 aromatic heterocycles. The molecule has 0 unspecified atom stereocenters. The summed E-state index contributed by atoms with van der Waals surface area (Å²) in [5.41, 5.74) is -0.237. The summed E-state index contributed by atoms with van der Waals surface area (Å²) in [6, 6.07) is 13.3. The summed E-state index contributed by atoms with van der Waals surface area (Å²) in [4.78, 5) is 33.9. The van der Waals surface area contributed by atoms with E-state index in [2.05, 4.69) is 46.8 Å². The maximum Gasteiger partial charge on any atom is 0.280 e. The molecule has 3 aromatic rings. The van der Waals surface area contributed by atoms with Gasteiger partial charge in [0.25, 0.3) is 11.4 Å². The number of aromatic nitrogens is 1. The molecule has 0 aliphatic rings. The van der Waals surface area contributed by atoms with Crippen molar-refractivity contribution in [2.24, 2.45) is 9.98 Å². The minimum Gasteiger partial charge on any atom is -0.258 e. The Labute approximate surface area is 207 Å². The quantitative estimate of drug-likeness (QED) is 0.170. The molecule has 2 aromatic carbocycles. The van der Waals surface area contributed by atoms with Gasteiger partial charge in [-0.05, 0) is 36.4 Å². The van der Waals surface area contributed by atoms with Gasteiger partial charge in [0.05, 0.1) is 21.0 Å². The van der Waals surface area contributed by atoms with Crippen molar-refractivity contribution in [2.75, 3.05) is 0 Å². The van der Waals surface area contributed by atoms with Crippen LogP contribution in [0.1, 0.15) is 11.1 Å². The number of halogens is 4. The van der Waals surface area contributed by atoms with Crippen molar-refractivity contribution < 1.29 is 9.85 Å². The lowest BCUT2D eigenvalue weighted by atomic mass is 10.2. The first-order valence-electron chi connectivity index (χ1n) is 8.50. The van der Waals surface area contributed by atoms with E-state index in [1.165, 1.54) is 36.4 Å². The largest absolute Gasteiger partial charge is 0.280 e. The molecule has 32 heavy (non-hydrogen) atoms. The normalized spacial score (nSPS) is 12.0. The zero-order chi connectivity index (χ0) is 23.4. The number of rotatable bonds is 6. The van der Waals surface area contributed by atoms with E-state index in [0.717, 1.165) is 0 Å². The highest BCUT2D eigenvalue weighted by atomic mass is 79.9. The fourth-order valence-corrected chi connectivity index (χ4v) is 3.71. The third kappa shape index (κ3) is 5.74. The van der Waals surface area contributed by atoms with E-state index < -0.39 is 9.85 Å². The first-order valence-corrected chi connectivity index (χ1v) is 10.8. The van der Waals surface area contributed by atoms with E-state index in [-0.39, 0.29) is 44.5 Å². The monoisotopic (exact) mass is 599 g/mol. The number of nitrogens with zero attached hydrogens (tertiary/aromatic N) is 5. The second-order valence-corrected chi connectivity index (χ2v) is 8.54. The second kappa shape index (κ2) is 10.3. The maximum absolute atomic E-state index is 11.3. The number of aliphatic imine (C=N–C) groups is 2. The van der Waals surface area contributed by atoms with Gasteiger partial charge in [-0.3, -0.25) is 20.2 Å². The van der Waals surface area contributed by atoms with E-state index in [4.69, 9.17) is 23.2 Å². The van der Waals surface area contributed by atoms with Gasteiger partial charge in [0.15, 0.2) is 11.6 Å². The summed E-state index contributed by atoms with van der Waals surface area (Å²) in [5, 5.41) is 22.3. The molecule has 0 bridgehead atoms. The molecular weight excluding hydrogens is 593 g/mol. The molecule has 0 radical (unpaired) electrons. The average Bonchev–Trinajstić information content (AvgIpc) is 2.73. The summed E-state index contributed by atoms with van der Waals surface area (Å²) in [6.45, 7) is 0. The zero-order valence-electron chi connectivity index (χ0n) is 15.6. The second-order valence-electron chi connectivity index (χ2n) is 6.00. The van der Waals surface area contributed by atoms with Crippen LogP contribution in [0.3, 0.4) is 0 Å². The Morgan fingerprint density at radius 1 is 0.781 bits per heavy atom. The Balaban J connectivity index is 1.98. The number of benzene rings is 2. The van der Waals surface area contributed by atoms with Crippen LogP contribution in [0.4, 0.5) is 23.0 Å². The summed E-state index contributed by atoms with van der Waals surface area (Å²) in [6.07, 6.45) is 0. The highest BCUT2D eigenvalue weighted by Gasteiger charge is 2.19. The molecule has 0 amide bonds. The third-order valence-electron chi connectivity index (χ3n) is 3.90. The van der Waals surface area contributed by atoms with Crippen LogP contribution in [0, 0.1) is 20.2 Å². The summed E-state index contributed by atoms with van der Waals surface area (Å²) < 4.78 is 1.03. The van der Waals surface area contributed by atoms with Crippen LogP contribution in [-0.4, -0.2) is 25.2 Å². The van der Waals surface area contributed by atoms with Gasteiger partial charge >= 0.3 is 0 Å². The van der Waals surface area contributed by atoms with Crippen LogP contribution >= 0.6 is 55.1 Å². The molecule has 13 heteroatoms.